The summed E-state index contributed by atoms with van der Waals surface area (Å²) in [4.78, 5) is 12.4. The van der Waals surface area contributed by atoms with Gasteiger partial charge in [-0.15, -0.1) is 10.2 Å². The molecular formula is C24H21FN4O3S. The van der Waals surface area contributed by atoms with E-state index in [-0.39, 0.29) is 11.7 Å². The van der Waals surface area contributed by atoms with Crippen LogP contribution in [0, 0.1) is 5.82 Å². The zero-order valence-electron chi connectivity index (χ0n) is 18.0. The Labute approximate surface area is 194 Å². The van der Waals surface area contributed by atoms with E-state index in [1.807, 2.05) is 53.1 Å². The first kappa shape index (κ1) is 22.3. The third kappa shape index (κ3) is 5.32. The van der Waals surface area contributed by atoms with Crippen molar-refractivity contribution >= 4 is 23.4 Å². The van der Waals surface area contributed by atoms with Crippen molar-refractivity contribution < 1.29 is 18.7 Å². The van der Waals surface area contributed by atoms with E-state index in [0.717, 1.165) is 17.0 Å². The molecule has 0 radical (unpaired) electrons. The minimum atomic E-state index is -0.414. The maximum Gasteiger partial charge on any atom is 0.234 e. The highest BCUT2D eigenvalue weighted by atomic mass is 32.2. The number of carbonyl (C=O) groups excluding carboxylic acids is 1. The number of thioether (sulfide) groups is 1. The molecule has 7 nitrogen and oxygen atoms in total. The van der Waals surface area contributed by atoms with Crippen molar-refractivity contribution in [3.63, 3.8) is 0 Å². The van der Waals surface area contributed by atoms with Crippen LogP contribution >= 0.6 is 11.8 Å². The number of nitrogens with zero attached hydrogens (tertiary/aromatic N) is 3. The van der Waals surface area contributed by atoms with E-state index >= 15 is 0 Å². The summed E-state index contributed by atoms with van der Waals surface area (Å²) >= 11 is 1.23. The van der Waals surface area contributed by atoms with Crippen LogP contribution in [0.4, 0.5) is 10.1 Å². The number of amides is 1. The molecule has 33 heavy (non-hydrogen) atoms. The summed E-state index contributed by atoms with van der Waals surface area (Å²) in [6.07, 6.45) is 0. The molecule has 168 valence electrons. The van der Waals surface area contributed by atoms with Gasteiger partial charge in [0, 0.05) is 16.9 Å². The number of hydrogen-bond donors (Lipinski definition) is 1. The first-order valence-electron chi connectivity index (χ1n) is 10.00. The number of carbonyl (C=O) groups is 1. The van der Waals surface area contributed by atoms with Gasteiger partial charge in [0.15, 0.2) is 11.0 Å². The molecule has 1 amide bonds. The molecule has 1 heterocycles. The number of aromatic nitrogens is 3. The summed E-state index contributed by atoms with van der Waals surface area (Å²) in [7, 11) is 3.21. The van der Waals surface area contributed by atoms with Crippen molar-refractivity contribution in [3.8, 4) is 28.6 Å². The van der Waals surface area contributed by atoms with Gasteiger partial charge >= 0.3 is 0 Å². The smallest absolute Gasteiger partial charge is 0.234 e. The van der Waals surface area contributed by atoms with Gasteiger partial charge in [-0.05, 0) is 54.6 Å². The summed E-state index contributed by atoms with van der Waals surface area (Å²) in [5, 5.41) is 11.9. The van der Waals surface area contributed by atoms with Gasteiger partial charge in [-0.2, -0.15) is 0 Å². The quantitative estimate of drug-likeness (QED) is 0.377. The van der Waals surface area contributed by atoms with Crippen molar-refractivity contribution in [2.45, 2.75) is 5.16 Å². The van der Waals surface area contributed by atoms with Crippen LogP contribution < -0.4 is 14.8 Å². The van der Waals surface area contributed by atoms with Gasteiger partial charge in [-0.3, -0.25) is 9.36 Å². The number of anilines is 1. The Hall–Kier alpha value is -3.85. The number of benzene rings is 3. The van der Waals surface area contributed by atoms with Crippen LogP contribution in [0.2, 0.25) is 0 Å². The fourth-order valence-electron chi connectivity index (χ4n) is 3.17. The predicted octanol–water partition coefficient (Wildman–Crippen LogP) is 4.82. The lowest BCUT2D eigenvalue weighted by Gasteiger charge is -2.12. The van der Waals surface area contributed by atoms with Crippen LogP contribution in [-0.2, 0) is 4.79 Å². The van der Waals surface area contributed by atoms with Gasteiger partial charge in [0.05, 0.1) is 20.0 Å². The minimum Gasteiger partial charge on any atom is -0.497 e. The molecule has 0 aliphatic carbocycles. The lowest BCUT2D eigenvalue weighted by Crippen LogP contribution is -2.14. The Morgan fingerprint density at radius 2 is 1.73 bits per heavy atom. The second-order valence-electron chi connectivity index (χ2n) is 6.92. The molecule has 0 saturated carbocycles. The molecule has 0 saturated heterocycles. The van der Waals surface area contributed by atoms with Crippen LogP contribution in [0.3, 0.4) is 0 Å². The standard InChI is InChI=1S/C24H21FN4O3S/c1-31-20-11-9-19(10-12-20)29-23(16-5-3-8-21(13-16)32-2)27-28-24(29)33-15-22(30)26-18-7-4-6-17(25)14-18/h3-14H,15H2,1-2H3,(H,26,30). The number of nitrogens with one attached hydrogen (secondary N) is 1. The van der Waals surface area contributed by atoms with Crippen LogP contribution in [0.5, 0.6) is 11.5 Å². The average molecular weight is 465 g/mol. The molecule has 0 aliphatic rings. The van der Waals surface area contributed by atoms with Gasteiger partial charge < -0.3 is 14.8 Å². The zero-order valence-corrected chi connectivity index (χ0v) is 18.8. The van der Waals surface area contributed by atoms with E-state index in [4.69, 9.17) is 9.47 Å². The molecule has 9 heteroatoms. The normalized spacial score (nSPS) is 10.6. The van der Waals surface area contributed by atoms with Crippen LogP contribution in [-0.4, -0.2) is 40.6 Å². The van der Waals surface area contributed by atoms with Crippen molar-refractivity contribution in [3.05, 3.63) is 78.6 Å². The van der Waals surface area contributed by atoms with E-state index in [9.17, 15) is 9.18 Å². The summed E-state index contributed by atoms with van der Waals surface area (Å²) in [6.45, 7) is 0. The number of halogens is 1. The van der Waals surface area contributed by atoms with Gasteiger partial charge in [0.2, 0.25) is 5.91 Å². The topological polar surface area (TPSA) is 78.3 Å². The third-order valence-corrected chi connectivity index (χ3v) is 5.66. The Morgan fingerprint density at radius 1 is 0.970 bits per heavy atom. The summed E-state index contributed by atoms with van der Waals surface area (Å²) in [5.41, 5.74) is 2.02. The highest BCUT2D eigenvalue weighted by Crippen LogP contribution is 2.30. The monoisotopic (exact) mass is 464 g/mol. The molecule has 0 bridgehead atoms. The van der Waals surface area contributed by atoms with E-state index in [2.05, 4.69) is 15.5 Å². The molecule has 3 aromatic carbocycles. The SMILES string of the molecule is COc1ccc(-n2c(SCC(=O)Nc3cccc(F)c3)nnc2-c2cccc(OC)c2)cc1. The maximum absolute atomic E-state index is 13.4. The molecule has 0 aliphatic heterocycles. The molecule has 0 spiro atoms. The Kier molecular flexibility index (Phi) is 6.89. The Morgan fingerprint density at radius 3 is 2.45 bits per heavy atom. The van der Waals surface area contributed by atoms with Gasteiger partial charge in [-0.25, -0.2) is 4.39 Å². The molecule has 4 aromatic rings. The second kappa shape index (κ2) is 10.2. The molecule has 0 atom stereocenters. The summed E-state index contributed by atoms with van der Waals surface area (Å²) in [6, 6.07) is 20.7. The lowest BCUT2D eigenvalue weighted by molar-refractivity contribution is -0.113. The Bertz CT molecular complexity index is 1260. The molecule has 0 fully saturated rings. The predicted molar refractivity (Wildman–Crippen MR) is 126 cm³/mol. The van der Waals surface area contributed by atoms with Gasteiger partial charge in [-0.1, -0.05) is 30.0 Å². The molecule has 0 unspecified atom stereocenters. The van der Waals surface area contributed by atoms with Crippen molar-refractivity contribution in [2.75, 3.05) is 25.3 Å². The van der Waals surface area contributed by atoms with Gasteiger partial charge in [0.1, 0.15) is 17.3 Å². The maximum atomic E-state index is 13.4. The zero-order chi connectivity index (χ0) is 23.2. The van der Waals surface area contributed by atoms with E-state index in [1.54, 1.807) is 26.4 Å². The Balaban J connectivity index is 1.62. The van der Waals surface area contributed by atoms with Crippen molar-refractivity contribution in [2.24, 2.45) is 0 Å². The van der Waals surface area contributed by atoms with E-state index < -0.39 is 5.82 Å². The van der Waals surface area contributed by atoms with E-state index in [1.165, 1.54) is 23.9 Å². The number of rotatable bonds is 8. The largest absolute Gasteiger partial charge is 0.497 e. The first-order chi connectivity index (χ1) is 16.1. The van der Waals surface area contributed by atoms with Crippen molar-refractivity contribution in [1.82, 2.24) is 14.8 Å². The van der Waals surface area contributed by atoms with Crippen molar-refractivity contribution in [1.29, 1.82) is 0 Å². The fraction of sp³-hybridized carbons (Fsp3) is 0.125. The average Bonchev–Trinajstić information content (AvgIpc) is 3.27. The summed E-state index contributed by atoms with van der Waals surface area (Å²) < 4.78 is 25.9. The first-order valence-corrected chi connectivity index (χ1v) is 11.0. The molecule has 4 rings (SSSR count). The number of methoxy groups -OCH3 is 2. The van der Waals surface area contributed by atoms with Crippen LogP contribution in [0.25, 0.3) is 17.1 Å². The van der Waals surface area contributed by atoms with Gasteiger partial charge in [0.25, 0.3) is 0 Å². The van der Waals surface area contributed by atoms with Crippen LogP contribution in [0.1, 0.15) is 0 Å². The highest BCUT2D eigenvalue weighted by Gasteiger charge is 2.18. The second-order valence-corrected chi connectivity index (χ2v) is 7.86. The number of hydrogen-bond acceptors (Lipinski definition) is 6. The lowest BCUT2D eigenvalue weighted by atomic mass is 10.2. The third-order valence-electron chi connectivity index (χ3n) is 4.73. The summed E-state index contributed by atoms with van der Waals surface area (Å²) in [5.74, 6) is 1.40. The van der Waals surface area contributed by atoms with Crippen LogP contribution in [0.15, 0.2) is 78.0 Å². The van der Waals surface area contributed by atoms with E-state index in [0.29, 0.717) is 22.4 Å². The number of ether oxygens (including phenoxy) is 2. The molecule has 1 aromatic heterocycles. The highest BCUT2D eigenvalue weighted by molar-refractivity contribution is 7.99. The molecular weight excluding hydrogens is 443 g/mol. The minimum absolute atomic E-state index is 0.0723. The fourth-order valence-corrected chi connectivity index (χ4v) is 3.92. The molecule has 1 N–H and O–H groups in total.